The Bertz CT molecular complexity index is 1430. The van der Waals surface area contributed by atoms with Gasteiger partial charge in [-0.2, -0.15) is 0 Å². The van der Waals surface area contributed by atoms with Gasteiger partial charge in [-0.1, -0.05) is 36.4 Å². The van der Waals surface area contributed by atoms with Gasteiger partial charge in [0.05, 0.1) is 16.1 Å². The normalized spacial score (nSPS) is 11.3. The molecule has 0 radical (unpaired) electrons. The lowest BCUT2D eigenvalue weighted by molar-refractivity contribution is 0.0950. The van der Waals surface area contributed by atoms with Crippen molar-refractivity contribution < 1.29 is 17.6 Å². The van der Waals surface area contributed by atoms with Crippen LogP contribution in [-0.2, 0) is 16.6 Å². The molecule has 0 atom stereocenters. The fourth-order valence-electron chi connectivity index (χ4n) is 3.83. The summed E-state index contributed by atoms with van der Waals surface area (Å²) in [6.07, 6.45) is 0. The van der Waals surface area contributed by atoms with Gasteiger partial charge >= 0.3 is 0 Å². The first-order chi connectivity index (χ1) is 16.3. The van der Waals surface area contributed by atoms with E-state index < -0.39 is 10.0 Å². The lowest BCUT2D eigenvalue weighted by Crippen LogP contribution is -2.24. The second-order valence-electron chi connectivity index (χ2n) is 7.86. The van der Waals surface area contributed by atoms with Crippen LogP contribution in [0.1, 0.15) is 27.3 Å². The monoisotopic (exact) mass is 477 g/mol. The first kappa shape index (κ1) is 23.3. The third kappa shape index (κ3) is 4.87. The number of para-hydroxylation sites is 1. The molecule has 0 saturated carbocycles. The maximum absolute atomic E-state index is 13.3. The van der Waals surface area contributed by atoms with Crippen LogP contribution >= 0.6 is 0 Å². The van der Waals surface area contributed by atoms with E-state index in [2.05, 4.69) is 10.0 Å². The van der Waals surface area contributed by atoms with E-state index in [1.165, 1.54) is 24.3 Å². The fraction of sp³-hybridized carbons (Fsp3) is 0.115. The molecule has 174 valence electrons. The predicted molar refractivity (Wildman–Crippen MR) is 130 cm³/mol. The molecule has 1 amide bonds. The van der Waals surface area contributed by atoms with Gasteiger partial charge in [-0.3, -0.25) is 9.52 Å². The standard InChI is InChI=1S/C26H24FN3O3S/c1-18-16-24(19(2)30(18)22-14-12-21(27)13-15-22)26(31)28-17-20-8-6-7-11-25(20)29-34(32,33)23-9-4-3-5-10-23/h3-16,29H,17H2,1-2H3,(H,28,31). The molecule has 3 aromatic carbocycles. The van der Waals surface area contributed by atoms with Crippen molar-refractivity contribution in [3.8, 4) is 5.69 Å². The predicted octanol–water partition coefficient (Wildman–Crippen LogP) is 4.96. The number of benzene rings is 3. The SMILES string of the molecule is Cc1cc(C(=O)NCc2ccccc2NS(=O)(=O)c2ccccc2)c(C)n1-c1ccc(F)cc1. The molecule has 0 aliphatic rings. The number of amides is 1. The molecule has 2 N–H and O–H groups in total. The molecule has 8 heteroatoms. The van der Waals surface area contributed by atoms with Gasteiger partial charge in [-0.05, 0) is 67.9 Å². The molecule has 0 unspecified atom stereocenters. The zero-order chi connectivity index (χ0) is 24.3. The fourth-order valence-corrected chi connectivity index (χ4v) is 4.95. The van der Waals surface area contributed by atoms with Gasteiger partial charge < -0.3 is 9.88 Å². The maximum atomic E-state index is 13.3. The second kappa shape index (κ2) is 9.52. The number of carbonyl (C=O) groups is 1. The average molecular weight is 478 g/mol. The summed E-state index contributed by atoms with van der Waals surface area (Å²) in [5.41, 5.74) is 3.83. The summed E-state index contributed by atoms with van der Waals surface area (Å²) >= 11 is 0. The van der Waals surface area contributed by atoms with Crippen molar-refractivity contribution in [2.24, 2.45) is 0 Å². The average Bonchev–Trinajstić information content (AvgIpc) is 3.13. The number of rotatable bonds is 7. The van der Waals surface area contributed by atoms with E-state index in [1.807, 2.05) is 18.4 Å². The van der Waals surface area contributed by atoms with E-state index in [1.54, 1.807) is 60.7 Å². The Morgan fingerprint density at radius 3 is 2.26 bits per heavy atom. The van der Waals surface area contributed by atoms with Crippen molar-refractivity contribution in [1.82, 2.24) is 9.88 Å². The van der Waals surface area contributed by atoms with Gasteiger partial charge in [0.25, 0.3) is 15.9 Å². The Morgan fingerprint density at radius 2 is 1.56 bits per heavy atom. The smallest absolute Gasteiger partial charge is 0.261 e. The van der Waals surface area contributed by atoms with Crippen molar-refractivity contribution >= 4 is 21.6 Å². The van der Waals surface area contributed by atoms with E-state index in [9.17, 15) is 17.6 Å². The molecule has 6 nitrogen and oxygen atoms in total. The third-order valence-electron chi connectivity index (χ3n) is 5.52. The molecule has 0 bridgehead atoms. The molecular weight excluding hydrogens is 453 g/mol. The van der Waals surface area contributed by atoms with Crippen molar-refractivity contribution in [3.63, 3.8) is 0 Å². The minimum absolute atomic E-state index is 0.131. The molecule has 0 aliphatic carbocycles. The van der Waals surface area contributed by atoms with Gasteiger partial charge in [0.1, 0.15) is 5.82 Å². The Balaban J connectivity index is 1.53. The number of aryl methyl sites for hydroxylation is 1. The van der Waals surface area contributed by atoms with Crippen molar-refractivity contribution in [1.29, 1.82) is 0 Å². The van der Waals surface area contributed by atoms with Crippen LogP contribution in [0.5, 0.6) is 0 Å². The molecule has 0 aliphatic heterocycles. The van der Waals surface area contributed by atoms with Gasteiger partial charge in [-0.15, -0.1) is 0 Å². The van der Waals surface area contributed by atoms with E-state index in [0.717, 1.165) is 17.1 Å². The summed E-state index contributed by atoms with van der Waals surface area (Å²) in [5, 5.41) is 2.88. The number of nitrogens with one attached hydrogen (secondary N) is 2. The molecule has 0 fully saturated rings. The lowest BCUT2D eigenvalue weighted by Gasteiger charge is -2.14. The third-order valence-corrected chi connectivity index (χ3v) is 6.90. The zero-order valence-corrected chi connectivity index (χ0v) is 19.6. The quantitative estimate of drug-likeness (QED) is 0.395. The number of carbonyl (C=O) groups excluding carboxylic acids is 1. The molecule has 1 heterocycles. The number of aromatic nitrogens is 1. The minimum atomic E-state index is -3.76. The summed E-state index contributed by atoms with van der Waals surface area (Å²) in [5.74, 6) is -0.618. The number of hydrogen-bond donors (Lipinski definition) is 2. The van der Waals surface area contributed by atoms with Crippen LogP contribution < -0.4 is 10.0 Å². The van der Waals surface area contributed by atoms with Crippen LogP contribution in [0, 0.1) is 19.7 Å². The minimum Gasteiger partial charge on any atom is -0.348 e. The lowest BCUT2D eigenvalue weighted by atomic mass is 10.1. The van der Waals surface area contributed by atoms with E-state index in [4.69, 9.17) is 0 Å². The van der Waals surface area contributed by atoms with Crippen molar-refractivity contribution in [2.45, 2.75) is 25.3 Å². The van der Waals surface area contributed by atoms with Crippen LogP contribution in [0.25, 0.3) is 5.69 Å². The van der Waals surface area contributed by atoms with Crippen LogP contribution in [0.4, 0.5) is 10.1 Å². The van der Waals surface area contributed by atoms with E-state index in [-0.39, 0.29) is 23.2 Å². The van der Waals surface area contributed by atoms with E-state index >= 15 is 0 Å². The summed E-state index contributed by atoms with van der Waals surface area (Å²) in [4.78, 5) is 13.1. The van der Waals surface area contributed by atoms with E-state index in [0.29, 0.717) is 16.8 Å². The van der Waals surface area contributed by atoms with Gasteiger partial charge in [0.2, 0.25) is 0 Å². The molecule has 4 aromatic rings. The molecule has 1 aromatic heterocycles. The highest BCUT2D eigenvalue weighted by molar-refractivity contribution is 7.92. The van der Waals surface area contributed by atoms with Crippen LogP contribution in [0.15, 0.2) is 89.8 Å². The Hall–Kier alpha value is -3.91. The number of halogens is 1. The highest BCUT2D eigenvalue weighted by Gasteiger charge is 2.18. The summed E-state index contributed by atoms with van der Waals surface area (Å²) in [7, 11) is -3.76. The van der Waals surface area contributed by atoms with Gasteiger partial charge in [-0.25, -0.2) is 12.8 Å². The number of anilines is 1. The largest absolute Gasteiger partial charge is 0.348 e. The first-order valence-corrected chi connectivity index (χ1v) is 12.1. The molecule has 0 spiro atoms. The molecule has 0 saturated heterocycles. The number of nitrogens with zero attached hydrogens (tertiary/aromatic N) is 1. The Morgan fingerprint density at radius 1 is 0.912 bits per heavy atom. The summed E-state index contributed by atoms with van der Waals surface area (Å²) in [6.45, 7) is 3.83. The Kier molecular flexibility index (Phi) is 6.51. The van der Waals surface area contributed by atoms with Crippen LogP contribution in [0.3, 0.4) is 0 Å². The molecule has 4 rings (SSSR count). The zero-order valence-electron chi connectivity index (χ0n) is 18.7. The van der Waals surface area contributed by atoms with Crippen molar-refractivity contribution in [3.05, 3.63) is 113 Å². The van der Waals surface area contributed by atoms with Crippen molar-refractivity contribution in [2.75, 3.05) is 4.72 Å². The van der Waals surface area contributed by atoms with Gasteiger partial charge in [0.15, 0.2) is 0 Å². The highest BCUT2D eigenvalue weighted by atomic mass is 32.2. The molecule has 34 heavy (non-hydrogen) atoms. The Labute approximate surface area is 198 Å². The first-order valence-electron chi connectivity index (χ1n) is 10.6. The molecular formula is C26H24FN3O3S. The topological polar surface area (TPSA) is 80.2 Å². The number of sulfonamides is 1. The maximum Gasteiger partial charge on any atom is 0.261 e. The number of hydrogen-bond acceptors (Lipinski definition) is 3. The highest BCUT2D eigenvalue weighted by Crippen LogP contribution is 2.23. The second-order valence-corrected chi connectivity index (χ2v) is 9.54. The summed E-state index contributed by atoms with van der Waals surface area (Å²) in [6, 6.07) is 22.9. The van der Waals surface area contributed by atoms with Crippen LogP contribution in [-0.4, -0.2) is 18.9 Å². The summed E-state index contributed by atoms with van der Waals surface area (Å²) < 4.78 is 43.3. The van der Waals surface area contributed by atoms with Gasteiger partial charge in [0, 0.05) is 23.6 Å². The van der Waals surface area contributed by atoms with Crippen LogP contribution in [0.2, 0.25) is 0 Å².